The molecule has 3 rings (SSSR count). The number of unbranched alkanes of at least 4 members (excludes halogenated alkanes) is 1. The Morgan fingerprint density at radius 1 is 1.07 bits per heavy atom. The van der Waals surface area contributed by atoms with Crippen molar-refractivity contribution >= 4 is 5.96 Å². The van der Waals surface area contributed by atoms with E-state index in [1.165, 1.54) is 56.4 Å². The lowest BCUT2D eigenvalue weighted by Gasteiger charge is -2.15. The molecule has 2 heterocycles. The highest BCUT2D eigenvalue weighted by molar-refractivity contribution is 5.79. The molecule has 2 N–H and O–H groups in total. The van der Waals surface area contributed by atoms with Gasteiger partial charge in [-0.3, -0.25) is 4.68 Å². The number of aliphatic imine (C=N–C) groups is 1. The third-order valence-corrected chi connectivity index (χ3v) is 5.15. The highest BCUT2D eigenvalue weighted by atomic mass is 15.3. The second kappa shape index (κ2) is 11.5. The van der Waals surface area contributed by atoms with Crippen LogP contribution in [0.15, 0.2) is 47.7 Å². The third-order valence-electron chi connectivity index (χ3n) is 5.15. The van der Waals surface area contributed by atoms with E-state index in [4.69, 9.17) is 4.99 Å². The van der Waals surface area contributed by atoms with Crippen molar-refractivity contribution in [2.24, 2.45) is 4.99 Å². The molecule has 1 fully saturated rings. The van der Waals surface area contributed by atoms with Crippen LogP contribution in [0.3, 0.4) is 0 Å². The van der Waals surface area contributed by atoms with Gasteiger partial charge in [-0.15, -0.1) is 0 Å². The summed E-state index contributed by atoms with van der Waals surface area (Å²) in [7, 11) is 0. The molecule has 0 aliphatic carbocycles. The van der Waals surface area contributed by atoms with Gasteiger partial charge in [-0.05, 0) is 69.4 Å². The van der Waals surface area contributed by atoms with E-state index in [9.17, 15) is 0 Å². The number of nitrogens with zero attached hydrogens (tertiary/aromatic N) is 4. The van der Waals surface area contributed by atoms with E-state index in [0.717, 1.165) is 25.6 Å². The van der Waals surface area contributed by atoms with Gasteiger partial charge in [0.1, 0.15) is 0 Å². The number of hydrogen-bond donors (Lipinski definition) is 2. The largest absolute Gasteiger partial charge is 0.357 e. The van der Waals surface area contributed by atoms with Crippen LogP contribution in [-0.4, -0.2) is 53.4 Å². The molecule has 0 radical (unpaired) electrons. The summed E-state index contributed by atoms with van der Waals surface area (Å²) in [6.07, 6.45) is 8.98. The van der Waals surface area contributed by atoms with Gasteiger partial charge in [0.25, 0.3) is 0 Å². The Balaban J connectivity index is 1.48. The number of rotatable bonds is 10. The van der Waals surface area contributed by atoms with E-state index in [0.29, 0.717) is 6.54 Å². The molecule has 0 atom stereocenters. The van der Waals surface area contributed by atoms with Gasteiger partial charge in [0.15, 0.2) is 5.96 Å². The van der Waals surface area contributed by atoms with Crippen LogP contribution in [0.1, 0.15) is 43.7 Å². The first-order valence-corrected chi connectivity index (χ1v) is 10.6. The Hall–Kier alpha value is -2.34. The lowest BCUT2D eigenvalue weighted by molar-refractivity contribution is 0.330. The number of nitrogens with one attached hydrogen (secondary N) is 2. The molecule has 1 aliphatic rings. The maximum absolute atomic E-state index is 4.80. The topological polar surface area (TPSA) is 57.5 Å². The van der Waals surface area contributed by atoms with Crippen molar-refractivity contribution in [3.63, 3.8) is 0 Å². The molecule has 6 nitrogen and oxygen atoms in total. The minimum atomic E-state index is 0.667. The maximum atomic E-state index is 4.80. The Morgan fingerprint density at radius 3 is 2.64 bits per heavy atom. The molecule has 0 amide bonds. The maximum Gasteiger partial charge on any atom is 0.191 e. The fourth-order valence-electron chi connectivity index (χ4n) is 3.61. The number of likely N-dealkylation sites (tertiary alicyclic amines) is 1. The summed E-state index contributed by atoms with van der Waals surface area (Å²) < 4.78 is 1.95. The lowest BCUT2D eigenvalue weighted by Crippen LogP contribution is -2.38. The first kappa shape index (κ1) is 20.4. The van der Waals surface area contributed by atoms with E-state index >= 15 is 0 Å². The van der Waals surface area contributed by atoms with Crippen molar-refractivity contribution in [1.29, 1.82) is 0 Å². The summed E-state index contributed by atoms with van der Waals surface area (Å²) in [6.45, 7) is 9.19. The van der Waals surface area contributed by atoms with Crippen LogP contribution in [0.25, 0.3) is 0 Å². The average molecular weight is 383 g/mol. The number of hydrogen-bond acceptors (Lipinski definition) is 3. The van der Waals surface area contributed by atoms with Crippen molar-refractivity contribution in [2.75, 3.05) is 32.7 Å². The van der Waals surface area contributed by atoms with Crippen molar-refractivity contribution < 1.29 is 0 Å². The SMILES string of the molecule is CCNC(=NCc1ccccc1Cn1cccn1)NCCCCN1CCCC1. The van der Waals surface area contributed by atoms with Gasteiger partial charge < -0.3 is 15.5 Å². The summed E-state index contributed by atoms with van der Waals surface area (Å²) in [5.74, 6) is 0.901. The van der Waals surface area contributed by atoms with Gasteiger partial charge in [0.2, 0.25) is 0 Å². The first-order valence-electron chi connectivity index (χ1n) is 10.6. The minimum absolute atomic E-state index is 0.667. The summed E-state index contributed by atoms with van der Waals surface area (Å²) in [4.78, 5) is 7.38. The fraction of sp³-hybridized carbons (Fsp3) is 0.545. The molecule has 0 unspecified atom stereocenters. The molecule has 1 aliphatic heterocycles. The molecule has 0 bridgehead atoms. The zero-order valence-electron chi connectivity index (χ0n) is 17.1. The molecule has 2 aromatic rings. The van der Waals surface area contributed by atoms with Crippen molar-refractivity contribution in [3.8, 4) is 0 Å². The van der Waals surface area contributed by atoms with Gasteiger partial charge in [-0.2, -0.15) is 5.10 Å². The highest BCUT2D eigenvalue weighted by Crippen LogP contribution is 2.12. The molecular weight excluding hydrogens is 348 g/mol. The Bertz CT molecular complexity index is 704. The van der Waals surface area contributed by atoms with Crippen LogP contribution in [0.2, 0.25) is 0 Å². The summed E-state index contributed by atoms with van der Waals surface area (Å²) in [5, 5.41) is 11.2. The quantitative estimate of drug-likeness (QED) is 0.377. The molecule has 6 heteroatoms. The van der Waals surface area contributed by atoms with Crippen LogP contribution in [0, 0.1) is 0 Å². The Morgan fingerprint density at radius 2 is 1.89 bits per heavy atom. The predicted molar refractivity (Wildman–Crippen MR) is 115 cm³/mol. The van der Waals surface area contributed by atoms with Gasteiger partial charge in [-0.1, -0.05) is 24.3 Å². The minimum Gasteiger partial charge on any atom is -0.357 e. The van der Waals surface area contributed by atoms with Crippen LogP contribution >= 0.6 is 0 Å². The first-order chi connectivity index (χ1) is 13.8. The van der Waals surface area contributed by atoms with Crippen molar-refractivity contribution in [2.45, 2.75) is 45.7 Å². The normalized spacial score (nSPS) is 15.1. The van der Waals surface area contributed by atoms with Gasteiger partial charge in [0.05, 0.1) is 13.1 Å². The molecule has 1 aromatic heterocycles. The third kappa shape index (κ3) is 6.68. The second-order valence-electron chi connectivity index (χ2n) is 7.35. The number of guanidine groups is 1. The van der Waals surface area contributed by atoms with E-state index in [1.54, 1.807) is 0 Å². The van der Waals surface area contributed by atoms with Crippen LogP contribution < -0.4 is 10.6 Å². The van der Waals surface area contributed by atoms with E-state index in [1.807, 2.05) is 23.1 Å². The second-order valence-corrected chi connectivity index (χ2v) is 7.35. The smallest absolute Gasteiger partial charge is 0.191 e. The Labute approximate surface area is 169 Å². The van der Waals surface area contributed by atoms with E-state index < -0.39 is 0 Å². The summed E-state index contributed by atoms with van der Waals surface area (Å²) in [5.41, 5.74) is 2.50. The zero-order valence-corrected chi connectivity index (χ0v) is 17.1. The van der Waals surface area contributed by atoms with Crippen LogP contribution in [0.5, 0.6) is 0 Å². The fourth-order valence-corrected chi connectivity index (χ4v) is 3.61. The Kier molecular flexibility index (Phi) is 8.37. The summed E-state index contributed by atoms with van der Waals surface area (Å²) >= 11 is 0. The zero-order chi connectivity index (χ0) is 19.4. The molecule has 152 valence electrons. The molecule has 0 spiro atoms. The molecule has 0 saturated carbocycles. The monoisotopic (exact) mass is 382 g/mol. The van der Waals surface area contributed by atoms with Crippen LogP contribution in [0.4, 0.5) is 0 Å². The van der Waals surface area contributed by atoms with Crippen LogP contribution in [-0.2, 0) is 13.1 Å². The lowest BCUT2D eigenvalue weighted by atomic mass is 10.1. The number of aromatic nitrogens is 2. The van der Waals surface area contributed by atoms with E-state index in [2.05, 4.69) is 51.8 Å². The van der Waals surface area contributed by atoms with Gasteiger partial charge in [0, 0.05) is 25.5 Å². The molecular formula is C22H34N6. The molecule has 1 saturated heterocycles. The molecule has 28 heavy (non-hydrogen) atoms. The predicted octanol–water partition coefficient (Wildman–Crippen LogP) is 2.86. The number of benzene rings is 1. The summed E-state index contributed by atoms with van der Waals surface area (Å²) in [6, 6.07) is 10.4. The van der Waals surface area contributed by atoms with Crippen molar-refractivity contribution in [1.82, 2.24) is 25.3 Å². The van der Waals surface area contributed by atoms with Crippen molar-refractivity contribution in [3.05, 3.63) is 53.9 Å². The molecule has 1 aromatic carbocycles. The van der Waals surface area contributed by atoms with Gasteiger partial charge in [-0.25, -0.2) is 4.99 Å². The highest BCUT2D eigenvalue weighted by Gasteiger charge is 2.10. The average Bonchev–Trinajstić information content (AvgIpc) is 3.41. The standard InChI is InChI=1S/C22H34N6/c1-2-23-22(24-12-5-6-14-27-15-7-8-16-27)25-18-20-10-3-4-11-21(20)19-28-17-9-13-26-28/h3-4,9-11,13,17H,2,5-8,12,14-16,18-19H2,1H3,(H2,23,24,25). The van der Waals surface area contributed by atoms with E-state index in [-0.39, 0.29) is 0 Å². The van der Waals surface area contributed by atoms with Gasteiger partial charge >= 0.3 is 0 Å².